The predicted molar refractivity (Wildman–Crippen MR) is 125 cm³/mol. The van der Waals surface area contributed by atoms with Gasteiger partial charge < -0.3 is 29.3 Å². The van der Waals surface area contributed by atoms with Gasteiger partial charge in [0.15, 0.2) is 17.5 Å². The van der Waals surface area contributed by atoms with Crippen molar-refractivity contribution in [1.29, 1.82) is 0 Å². The monoisotopic (exact) mass is 528 g/mol. The summed E-state index contributed by atoms with van der Waals surface area (Å²) >= 11 is 0. The molecule has 0 radical (unpaired) electrons. The Morgan fingerprint density at radius 1 is 1.10 bits per heavy atom. The third kappa shape index (κ3) is 5.58. The van der Waals surface area contributed by atoms with Crippen LogP contribution < -0.4 is 20.1 Å². The van der Waals surface area contributed by atoms with Gasteiger partial charge in [-0.25, -0.2) is 0 Å². The third-order valence-electron chi connectivity index (χ3n) is 5.16. The van der Waals surface area contributed by atoms with Crippen molar-refractivity contribution in [2.75, 3.05) is 46.7 Å². The second kappa shape index (κ2) is 10.9. The first kappa shape index (κ1) is 22.7. The lowest BCUT2D eigenvalue weighted by Crippen LogP contribution is -2.46. The van der Waals surface area contributed by atoms with E-state index in [2.05, 4.69) is 26.6 Å². The van der Waals surface area contributed by atoms with Crippen molar-refractivity contribution in [2.24, 2.45) is 4.99 Å². The summed E-state index contributed by atoms with van der Waals surface area (Å²) in [5.41, 5.74) is 1.10. The summed E-state index contributed by atoms with van der Waals surface area (Å²) in [5, 5.41) is 6.80. The van der Waals surface area contributed by atoms with Crippen LogP contribution in [0.5, 0.6) is 11.5 Å². The average Bonchev–Trinajstić information content (AvgIpc) is 3.39. The Balaban J connectivity index is 0.00000256. The van der Waals surface area contributed by atoms with Gasteiger partial charge in [-0.3, -0.25) is 9.89 Å². The van der Waals surface area contributed by atoms with Gasteiger partial charge in [0.05, 0.1) is 19.3 Å². The zero-order chi connectivity index (χ0) is 20.1. The Hall–Kier alpha value is -1.98. The first-order chi connectivity index (χ1) is 14.2. The molecule has 2 N–H and O–H groups in total. The van der Waals surface area contributed by atoms with Crippen LogP contribution in [0.4, 0.5) is 0 Å². The maximum atomic E-state index is 5.93. The Morgan fingerprint density at radius 3 is 2.63 bits per heavy atom. The van der Waals surface area contributed by atoms with Gasteiger partial charge in [-0.05, 0) is 36.8 Å². The van der Waals surface area contributed by atoms with Gasteiger partial charge in [-0.15, -0.1) is 24.0 Å². The lowest BCUT2D eigenvalue weighted by molar-refractivity contribution is 0.0124. The molecule has 2 aliphatic rings. The van der Waals surface area contributed by atoms with Gasteiger partial charge in [-0.1, -0.05) is 6.07 Å². The number of furan rings is 1. The van der Waals surface area contributed by atoms with Gasteiger partial charge >= 0.3 is 0 Å². The molecule has 1 aromatic heterocycles. The number of rotatable bonds is 6. The van der Waals surface area contributed by atoms with Crippen LogP contribution in [0.25, 0.3) is 0 Å². The van der Waals surface area contributed by atoms with Crippen molar-refractivity contribution in [2.45, 2.75) is 19.5 Å². The molecule has 2 aliphatic heterocycles. The number of nitrogens with one attached hydrogen (secondary N) is 2. The number of guanidine groups is 1. The molecule has 0 bridgehead atoms. The standard InChI is InChI=1S/C21H28N4O4.HI/c1-15-3-5-18(29-15)17(25-7-9-26-10-8-25)13-24-21(22-2)23-12-16-4-6-19-20(11-16)28-14-27-19;/h3-6,11,17H,7-10,12-14H2,1-2H3,(H2,22,23,24);1H. The number of fused-ring (bicyclic) bond motifs is 1. The van der Waals surface area contributed by atoms with Crippen LogP contribution in [0.2, 0.25) is 0 Å². The molecule has 9 heteroatoms. The predicted octanol–water partition coefficient (Wildman–Crippen LogP) is 2.67. The molecule has 8 nitrogen and oxygen atoms in total. The molecule has 164 valence electrons. The number of halogens is 1. The van der Waals surface area contributed by atoms with E-state index in [0.717, 1.165) is 60.8 Å². The number of hydrogen-bond acceptors (Lipinski definition) is 6. The zero-order valence-electron chi connectivity index (χ0n) is 17.3. The highest BCUT2D eigenvalue weighted by atomic mass is 127. The SMILES string of the molecule is CN=C(NCc1ccc2c(c1)OCO2)NCC(c1ccc(C)o1)N1CCOCC1.I. The Kier molecular flexibility index (Phi) is 8.23. The van der Waals surface area contributed by atoms with Crippen LogP contribution in [-0.2, 0) is 11.3 Å². The molecule has 2 aromatic rings. The van der Waals surface area contributed by atoms with Crippen LogP contribution >= 0.6 is 24.0 Å². The minimum absolute atomic E-state index is 0. The van der Waals surface area contributed by atoms with Crippen molar-refractivity contribution in [3.63, 3.8) is 0 Å². The van der Waals surface area contributed by atoms with Crippen LogP contribution in [-0.4, -0.2) is 57.5 Å². The minimum Gasteiger partial charge on any atom is -0.465 e. The summed E-state index contributed by atoms with van der Waals surface area (Å²) in [7, 11) is 1.77. The number of hydrogen-bond donors (Lipinski definition) is 2. The van der Waals surface area contributed by atoms with Crippen molar-refractivity contribution in [1.82, 2.24) is 15.5 Å². The van der Waals surface area contributed by atoms with E-state index in [-0.39, 0.29) is 36.8 Å². The molecular weight excluding hydrogens is 499 g/mol. The summed E-state index contributed by atoms with van der Waals surface area (Å²) in [6.45, 7) is 6.83. The fraction of sp³-hybridized carbons (Fsp3) is 0.476. The van der Waals surface area contributed by atoms with E-state index in [4.69, 9.17) is 18.6 Å². The molecule has 4 rings (SSSR count). The van der Waals surface area contributed by atoms with Gasteiger partial charge in [0.2, 0.25) is 6.79 Å². The molecule has 0 aliphatic carbocycles. The van der Waals surface area contributed by atoms with Gasteiger partial charge in [0.25, 0.3) is 0 Å². The molecule has 0 amide bonds. The van der Waals surface area contributed by atoms with Crippen LogP contribution in [0.3, 0.4) is 0 Å². The molecule has 1 saturated heterocycles. The second-order valence-electron chi connectivity index (χ2n) is 7.11. The van der Waals surface area contributed by atoms with E-state index < -0.39 is 0 Å². The highest BCUT2D eigenvalue weighted by molar-refractivity contribution is 14.0. The molecule has 0 spiro atoms. The van der Waals surface area contributed by atoms with E-state index in [1.165, 1.54) is 0 Å². The molecule has 1 atom stereocenters. The summed E-state index contributed by atoms with van der Waals surface area (Å²) in [6.07, 6.45) is 0. The Morgan fingerprint density at radius 2 is 1.90 bits per heavy atom. The molecule has 30 heavy (non-hydrogen) atoms. The van der Waals surface area contributed by atoms with Gasteiger partial charge in [0, 0.05) is 33.2 Å². The number of aryl methyl sites for hydroxylation is 1. The molecule has 1 unspecified atom stereocenters. The van der Waals surface area contributed by atoms with E-state index >= 15 is 0 Å². The third-order valence-corrected chi connectivity index (χ3v) is 5.16. The lowest BCUT2D eigenvalue weighted by atomic mass is 10.1. The lowest BCUT2D eigenvalue weighted by Gasteiger charge is -2.33. The normalized spacial score (nSPS) is 17.3. The summed E-state index contributed by atoms with van der Waals surface area (Å²) < 4.78 is 22.3. The van der Waals surface area contributed by atoms with Crippen LogP contribution in [0, 0.1) is 6.92 Å². The molecule has 1 fully saturated rings. The van der Waals surface area contributed by atoms with Crippen LogP contribution in [0.15, 0.2) is 39.7 Å². The van der Waals surface area contributed by atoms with E-state index in [1.807, 2.05) is 31.2 Å². The summed E-state index contributed by atoms with van der Waals surface area (Å²) in [4.78, 5) is 6.75. The largest absolute Gasteiger partial charge is 0.465 e. The maximum Gasteiger partial charge on any atom is 0.231 e. The van der Waals surface area contributed by atoms with Crippen molar-refractivity contribution in [3.05, 3.63) is 47.4 Å². The minimum atomic E-state index is 0. The van der Waals surface area contributed by atoms with Crippen molar-refractivity contribution < 1.29 is 18.6 Å². The van der Waals surface area contributed by atoms with Gasteiger partial charge in [-0.2, -0.15) is 0 Å². The van der Waals surface area contributed by atoms with Gasteiger partial charge in [0.1, 0.15) is 11.5 Å². The Labute approximate surface area is 194 Å². The first-order valence-electron chi connectivity index (χ1n) is 9.94. The molecule has 3 heterocycles. The average molecular weight is 528 g/mol. The highest BCUT2D eigenvalue weighted by Gasteiger charge is 2.25. The fourth-order valence-corrected chi connectivity index (χ4v) is 3.58. The first-order valence-corrected chi connectivity index (χ1v) is 9.94. The molecule has 1 aromatic carbocycles. The molecule has 0 saturated carbocycles. The molecular formula is C21H29IN4O4. The topological polar surface area (TPSA) is 80.5 Å². The zero-order valence-corrected chi connectivity index (χ0v) is 19.7. The number of nitrogens with zero attached hydrogens (tertiary/aromatic N) is 2. The van der Waals surface area contributed by atoms with Crippen molar-refractivity contribution in [3.8, 4) is 11.5 Å². The fourth-order valence-electron chi connectivity index (χ4n) is 3.58. The van der Waals surface area contributed by atoms with E-state index in [1.54, 1.807) is 7.05 Å². The van der Waals surface area contributed by atoms with E-state index in [0.29, 0.717) is 13.1 Å². The van der Waals surface area contributed by atoms with E-state index in [9.17, 15) is 0 Å². The maximum absolute atomic E-state index is 5.93. The summed E-state index contributed by atoms with van der Waals surface area (Å²) in [6, 6.07) is 10.1. The highest BCUT2D eigenvalue weighted by Crippen LogP contribution is 2.32. The summed E-state index contributed by atoms with van der Waals surface area (Å²) in [5.74, 6) is 4.20. The quantitative estimate of drug-likeness (QED) is 0.339. The number of benzene rings is 1. The number of ether oxygens (including phenoxy) is 3. The number of aliphatic imine (C=N–C) groups is 1. The van der Waals surface area contributed by atoms with Crippen LogP contribution in [0.1, 0.15) is 23.1 Å². The Bertz CT molecular complexity index is 851. The second-order valence-corrected chi connectivity index (χ2v) is 7.11. The number of morpholine rings is 1. The van der Waals surface area contributed by atoms with Crippen molar-refractivity contribution >= 4 is 29.9 Å². The smallest absolute Gasteiger partial charge is 0.231 e.